The molecule has 4 aromatic rings. The molecule has 2 amide bonds. The van der Waals surface area contributed by atoms with E-state index >= 15 is 0 Å². The molecule has 1 fully saturated rings. The Morgan fingerprint density at radius 2 is 1.94 bits per heavy atom. The van der Waals surface area contributed by atoms with Crippen LogP contribution in [-0.4, -0.2) is 44.6 Å². The van der Waals surface area contributed by atoms with Gasteiger partial charge in [0.05, 0.1) is 23.7 Å². The maximum absolute atomic E-state index is 13.1. The number of likely N-dealkylation sites (tertiary alicyclic amines) is 1. The maximum atomic E-state index is 13.1. The second kappa shape index (κ2) is 9.77. The lowest BCUT2D eigenvalue weighted by Crippen LogP contribution is -2.35. The largest absolute Gasteiger partial charge is 0.348 e. The minimum Gasteiger partial charge on any atom is -0.348 e. The number of benzene rings is 1. The first-order chi connectivity index (χ1) is 16.6. The van der Waals surface area contributed by atoms with Crippen molar-refractivity contribution in [3.05, 3.63) is 81.3 Å². The number of piperidine rings is 1. The summed E-state index contributed by atoms with van der Waals surface area (Å²) < 4.78 is 1.83. The van der Waals surface area contributed by atoms with E-state index in [1.54, 1.807) is 23.6 Å². The molecule has 174 valence electrons. The fourth-order valence-electron chi connectivity index (χ4n) is 4.40. The summed E-state index contributed by atoms with van der Waals surface area (Å²) in [6.45, 7) is 4.48. The molecular formula is C26H27N5O2S. The highest BCUT2D eigenvalue weighted by molar-refractivity contribution is 7.09. The van der Waals surface area contributed by atoms with Crippen LogP contribution in [-0.2, 0) is 13.1 Å². The van der Waals surface area contributed by atoms with Crippen LogP contribution in [0, 0.1) is 6.92 Å². The van der Waals surface area contributed by atoms with Gasteiger partial charge in [-0.2, -0.15) is 5.10 Å². The molecule has 0 unspecified atom stereocenters. The van der Waals surface area contributed by atoms with Crippen molar-refractivity contribution < 1.29 is 9.59 Å². The molecule has 0 spiro atoms. The maximum Gasteiger partial charge on any atom is 0.253 e. The Labute approximate surface area is 202 Å². The van der Waals surface area contributed by atoms with Crippen LogP contribution in [0.1, 0.15) is 56.1 Å². The van der Waals surface area contributed by atoms with Gasteiger partial charge in [0.2, 0.25) is 0 Å². The number of carbonyl (C=O) groups is 2. The molecule has 1 aromatic carbocycles. The summed E-state index contributed by atoms with van der Waals surface area (Å²) >= 11 is 1.67. The zero-order chi connectivity index (χ0) is 23.5. The lowest BCUT2D eigenvalue weighted by Gasteiger charge is -2.26. The average molecular weight is 474 g/mol. The third-order valence-corrected chi connectivity index (χ3v) is 7.00. The molecule has 4 heterocycles. The predicted octanol–water partition coefficient (Wildman–Crippen LogP) is 4.41. The first kappa shape index (κ1) is 22.3. The summed E-state index contributed by atoms with van der Waals surface area (Å²) in [7, 11) is 0. The van der Waals surface area contributed by atoms with E-state index in [0.29, 0.717) is 29.9 Å². The Morgan fingerprint density at radius 3 is 2.74 bits per heavy atom. The summed E-state index contributed by atoms with van der Waals surface area (Å²) in [5.74, 6) is -0.114. The molecule has 0 bridgehead atoms. The minimum atomic E-state index is -0.182. The van der Waals surface area contributed by atoms with Gasteiger partial charge in [-0.3, -0.25) is 9.59 Å². The Balaban J connectivity index is 1.31. The van der Waals surface area contributed by atoms with Crippen molar-refractivity contribution in [1.82, 2.24) is 25.0 Å². The summed E-state index contributed by atoms with van der Waals surface area (Å²) in [5, 5.41) is 10.3. The number of rotatable bonds is 6. The van der Waals surface area contributed by atoms with Crippen molar-refractivity contribution in [2.24, 2.45) is 0 Å². The Kier molecular flexibility index (Phi) is 6.40. The van der Waals surface area contributed by atoms with Gasteiger partial charge in [-0.1, -0.05) is 18.2 Å². The normalized spacial score (nSPS) is 13.9. The van der Waals surface area contributed by atoms with Crippen LogP contribution >= 0.6 is 11.3 Å². The highest BCUT2D eigenvalue weighted by Gasteiger charge is 2.19. The average Bonchev–Trinajstić information content (AvgIpc) is 3.53. The smallest absolute Gasteiger partial charge is 0.253 e. The Morgan fingerprint density at radius 1 is 1.09 bits per heavy atom. The van der Waals surface area contributed by atoms with Crippen LogP contribution < -0.4 is 5.32 Å². The first-order valence-corrected chi connectivity index (χ1v) is 12.5. The molecule has 1 aliphatic rings. The molecule has 7 nitrogen and oxygen atoms in total. The van der Waals surface area contributed by atoms with E-state index in [0.717, 1.165) is 42.6 Å². The number of nitrogens with zero attached hydrogens (tertiary/aromatic N) is 4. The van der Waals surface area contributed by atoms with Crippen molar-refractivity contribution in [2.45, 2.75) is 39.3 Å². The van der Waals surface area contributed by atoms with Crippen LogP contribution in [0.15, 0.2) is 54.0 Å². The van der Waals surface area contributed by atoms with E-state index in [4.69, 9.17) is 0 Å². The number of amides is 2. The molecular weight excluding hydrogens is 446 g/mol. The molecule has 34 heavy (non-hydrogen) atoms. The molecule has 0 aliphatic carbocycles. The van der Waals surface area contributed by atoms with Crippen LogP contribution in [0.5, 0.6) is 0 Å². The summed E-state index contributed by atoms with van der Waals surface area (Å²) in [6.07, 6.45) is 5.02. The van der Waals surface area contributed by atoms with E-state index in [1.807, 2.05) is 52.2 Å². The topological polar surface area (TPSA) is 80.1 Å². The lowest BCUT2D eigenvalue weighted by atomic mass is 10.1. The molecule has 0 saturated carbocycles. The number of fused-ring (bicyclic) bond motifs is 1. The molecule has 1 N–H and O–H groups in total. The third kappa shape index (κ3) is 4.72. The number of carbonyl (C=O) groups excluding carboxylic acids is 2. The van der Waals surface area contributed by atoms with Crippen molar-refractivity contribution in [3.8, 4) is 0 Å². The predicted molar refractivity (Wildman–Crippen MR) is 133 cm³/mol. The number of aromatic nitrogens is 3. The molecule has 0 atom stereocenters. The second-order valence-electron chi connectivity index (χ2n) is 8.67. The zero-order valence-corrected chi connectivity index (χ0v) is 20.0. The number of pyridine rings is 1. The van der Waals surface area contributed by atoms with Gasteiger partial charge in [0.25, 0.3) is 11.8 Å². The van der Waals surface area contributed by atoms with Crippen LogP contribution in [0.2, 0.25) is 0 Å². The standard InChI is InChI=1S/C26H27N5O2S/c1-18-13-22(23-16-28-31(24(23)29-18)17-21-9-6-12-34-21)25(32)27-15-19-7-5-8-20(14-19)26(33)30-10-3-2-4-11-30/h5-9,12-14,16H,2-4,10-11,15,17H2,1H3,(H,27,32). The number of aryl methyl sites for hydroxylation is 1. The third-order valence-electron chi connectivity index (χ3n) is 6.14. The van der Waals surface area contributed by atoms with E-state index in [2.05, 4.69) is 21.5 Å². The van der Waals surface area contributed by atoms with Crippen molar-refractivity contribution >= 4 is 34.2 Å². The van der Waals surface area contributed by atoms with Gasteiger partial charge < -0.3 is 10.2 Å². The molecule has 0 radical (unpaired) electrons. The lowest BCUT2D eigenvalue weighted by molar-refractivity contribution is 0.0724. The highest BCUT2D eigenvalue weighted by Crippen LogP contribution is 2.21. The summed E-state index contributed by atoms with van der Waals surface area (Å²) in [4.78, 5) is 33.7. The monoisotopic (exact) mass is 473 g/mol. The molecule has 1 aliphatic heterocycles. The van der Waals surface area contributed by atoms with E-state index < -0.39 is 0 Å². The number of hydrogen-bond donors (Lipinski definition) is 1. The molecule has 3 aromatic heterocycles. The minimum absolute atomic E-state index is 0.0671. The van der Waals surface area contributed by atoms with E-state index in [1.165, 1.54) is 11.3 Å². The summed E-state index contributed by atoms with van der Waals surface area (Å²) in [5.41, 5.74) is 3.59. The fraction of sp³-hybridized carbons (Fsp3) is 0.308. The molecule has 5 rings (SSSR count). The molecule has 1 saturated heterocycles. The van der Waals surface area contributed by atoms with E-state index in [-0.39, 0.29) is 11.8 Å². The molecule has 8 heteroatoms. The zero-order valence-electron chi connectivity index (χ0n) is 19.2. The van der Waals surface area contributed by atoms with Crippen molar-refractivity contribution in [2.75, 3.05) is 13.1 Å². The SMILES string of the molecule is Cc1cc(C(=O)NCc2cccc(C(=O)N3CCCCC3)c2)c2cnn(Cc3cccs3)c2n1. The van der Waals surface area contributed by atoms with Crippen molar-refractivity contribution in [3.63, 3.8) is 0 Å². The van der Waals surface area contributed by atoms with E-state index in [9.17, 15) is 9.59 Å². The van der Waals surface area contributed by atoms with Crippen LogP contribution in [0.4, 0.5) is 0 Å². The Hall–Kier alpha value is -3.52. The van der Waals surface area contributed by atoms with Gasteiger partial charge in [-0.15, -0.1) is 11.3 Å². The first-order valence-electron chi connectivity index (χ1n) is 11.6. The van der Waals surface area contributed by atoms with Crippen LogP contribution in [0.25, 0.3) is 11.0 Å². The quantitative estimate of drug-likeness (QED) is 0.450. The van der Waals surface area contributed by atoms with Gasteiger partial charge in [0.1, 0.15) is 0 Å². The van der Waals surface area contributed by atoms with Gasteiger partial charge in [0.15, 0.2) is 5.65 Å². The number of nitrogens with one attached hydrogen (secondary N) is 1. The number of thiophene rings is 1. The Bertz CT molecular complexity index is 1320. The number of hydrogen-bond acceptors (Lipinski definition) is 5. The van der Waals surface area contributed by atoms with Gasteiger partial charge >= 0.3 is 0 Å². The van der Waals surface area contributed by atoms with Crippen LogP contribution in [0.3, 0.4) is 0 Å². The second-order valence-corrected chi connectivity index (χ2v) is 9.70. The van der Waals surface area contributed by atoms with Crippen molar-refractivity contribution in [1.29, 1.82) is 0 Å². The summed E-state index contributed by atoms with van der Waals surface area (Å²) in [6, 6.07) is 13.4. The highest BCUT2D eigenvalue weighted by atomic mass is 32.1. The van der Waals surface area contributed by atoms with Gasteiger partial charge in [0, 0.05) is 35.8 Å². The van der Waals surface area contributed by atoms with Gasteiger partial charge in [-0.25, -0.2) is 9.67 Å². The fourth-order valence-corrected chi connectivity index (χ4v) is 5.08. The van der Waals surface area contributed by atoms with Gasteiger partial charge in [-0.05, 0) is 61.4 Å².